The number of hydrogen-bond acceptors (Lipinski definition) is 2. The molecule has 120 valence electrons. The first-order chi connectivity index (χ1) is 10.3. The van der Waals surface area contributed by atoms with Gasteiger partial charge in [0.2, 0.25) is 0 Å². The molecule has 2 nitrogen and oxygen atoms in total. The monoisotopic (exact) mass is 295 g/mol. The molecule has 21 heavy (non-hydrogen) atoms. The quantitative estimate of drug-likeness (QED) is 0.544. The van der Waals surface area contributed by atoms with Crippen LogP contribution < -0.4 is 10.1 Å². The van der Waals surface area contributed by atoms with E-state index in [2.05, 4.69) is 12.2 Å². The Balaban J connectivity index is 2.17. The summed E-state index contributed by atoms with van der Waals surface area (Å²) in [6, 6.07) is 5.22. The van der Waals surface area contributed by atoms with Crippen molar-refractivity contribution in [2.24, 2.45) is 0 Å². The molecule has 0 radical (unpaired) electrons. The summed E-state index contributed by atoms with van der Waals surface area (Å²) < 4.78 is 19.4. The maximum absolute atomic E-state index is 13.8. The Labute approximate surface area is 129 Å². The van der Waals surface area contributed by atoms with E-state index in [4.69, 9.17) is 4.74 Å². The van der Waals surface area contributed by atoms with Crippen molar-refractivity contribution in [3.63, 3.8) is 0 Å². The van der Waals surface area contributed by atoms with Gasteiger partial charge in [0.25, 0.3) is 0 Å². The van der Waals surface area contributed by atoms with Gasteiger partial charge in [-0.05, 0) is 30.7 Å². The average Bonchev–Trinajstić information content (AvgIpc) is 2.49. The second kappa shape index (κ2) is 11.6. The summed E-state index contributed by atoms with van der Waals surface area (Å²) in [6.07, 6.45) is 8.69. The molecule has 0 amide bonds. The van der Waals surface area contributed by atoms with Crippen LogP contribution in [-0.4, -0.2) is 13.2 Å². The number of hydrogen-bond donors (Lipinski definition) is 1. The van der Waals surface area contributed by atoms with Crippen molar-refractivity contribution < 1.29 is 9.13 Å². The van der Waals surface area contributed by atoms with E-state index in [1.807, 2.05) is 13.0 Å². The van der Waals surface area contributed by atoms with Crippen LogP contribution in [0.5, 0.6) is 5.75 Å². The fourth-order valence-electron chi connectivity index (χ4n) is 2.28. The van der Waals surface area contributed by atoms with Crippen LogP contribution in [0, 0.1) is 5.82 Å². The molecule has 0 bridgehead atoms. The highest BCUT2D eigenvalue weighted by Crippen LogP contribution is 2.19. The van der Waals surface area contributed by atoms with E-state index in [9.17, 15) is 4.39 Å². The van der Waals surface area contributed by atoms with Gasteiger partial charge in [0.15, 0.2) is 11.6 Å². The van der Waals surface area contributed by atoms with Crippen molar-refractivity contribution in [3.05, 3.63) is 29.6 Å². The van der Waals surface area contributed by atoms with Crippen molar-refractivity contribution in [3.8, 4) is 5.75 Å². The Morgan fingerprint density at radius 3 is 2.38 bits per heavy atom. The van der Waals surface area contributed by atoms with Crippen molar-refractivity contribution in [2.45, 2.75) is 65.3 Å². The maximum atomic E-state index is 13.8. The minimum atomic E-state index is -0.256. The molecule has 0 aromatic heterocycles. The van der Waals surface area contributed by atoms with Crippen LogP contribution in [0.25, 0.3) is 0 Å². The number of rotatable bonds is 12. The molecule has 0 heterocycles. The van der Waals surface area contributed by atoms with Gasteiger partial charge in [0.1, 0.15) is 0 Å². The summed E-state index contributed by atoms with van der Waals surface area (Å²) in [7, 11) is 0. The zero-order chi connectivity index (χ0) is 15.3. The Bertz CT molecular complexity index is 381. The lowest BCUT2D eigenvalue weighted by atomic mass is 10.1. The standard InChI is InChI=1S/C18H30FNO/c1-3-5-6-7-8-9-10-13-21-18-12-11-16(14-17(18)19)15-20-4-2/h11-12,14,20H,3-10,13,15H2,1-2H3. The third-order valence-corrected chi connectivity index (χ3v) is 3.58. The van der Waals surface area contributed by atoms with Crippen LogP contribution in [0.15, 0.2) is 18.2 Å². The summed E-state index contributed by atoms with van der Waals surface area (Å²) in [6.45, 7) is 6.46. The number of nitrogens with one attached hydrogen (secondary N) is 1. The minimum absolute atomic E-state index is 0.256. The first-order valence-corrected chi connectivity index (χ1v) is 8.39. The molecule has 0 fully saturated rings. The van der Waals surface area contributed by atoms with Gasteiger partial charge in [-0.15, -0.1) is 0 Å². The van der Waals surface area contributed by atoms with Gasteiger partial charge in [-0.1, -0.05) is 58.4 Å². The second-order valence-corrected chi connectivity index (χ2v) is 5.51. The molecule has 0 aliphatic carbocycles. The highest BCUT2D eigenvalue weighted by Gasteiger charge is 2.04. The number of unbranched alkanes of at least 4 members (excludes halogenated alkanes) is 6. The molecule has 0 saturated heterocycles. The topological polar surface area (TPSA) is 21.3 Å². The highest BCUT2D eigenvalue weighted by atomic mass is 19.1. The zero-order valence-corrected chi connectivity index (χ0v) is 13.6. The molecule has 0 aliphatic rings. The van der Waals surface area contributed by atoms with Gasteiger partial charge in [0, 0.05) is 6.54 Å². The molecule has 0 unspecified atom stereocenters. The van der Waals surface area contributed by atoms with Gasteiger partial charge in [-0.2, -0.15) is 0 Å². The van der Waals surface area contributed by atoms with Crippen LogP contribution in [0.3, 0.4) is 0 Å². The molecule has 1 aromatic rings. The third-order valence-electron chi connectivity index (χ3n) is 3.58. The number of benzene rings is 1. The molecule has 1 N–H and O–H groups in total. The fourth-order valence-corrected chi connectivity index (χ4v) is 2.28. The first kappa shape index (κ1) is 18.0. The first-order valence-electron chi connectivity index (χ1n) is 8.39. The summed E-state index contributed by atoms with van der Waals surface area (Å²) in [4.78, 5) is 0. The largest absolute Gasteiger partial charge is 0.491 e. The Morgan fingerprint density at radius 1 is 1.00 bits per heavy atom. The van der Waals surface area contributed by atoms with E-state index in [0.717, 1.165) is 18.5 Å². The second-order valence-electron chi connectivity index (χ2n) is 5.51. The average molecular weight is 295 g/mol. The summed E-state index contributed by atoms with van der Waals surface area (Å²) in [5, 5.41) is 3.18. The van der Waals surface area contributed by atoms with Crippen LogP contribution in [0.4, 0.5) is 4.39 Å². The third kappa shape index (κ3) is 8.05. The van der Waals surface area contributed by atoms with Gasteiger partial charge in [-0.25, -0.2) is 4.39 Å². The van der Waals surface area contributed by atoms with Crippen LogP contribution in [0.1, 0.15) is 64.4 Å². The summed E-state index contributed by atoms with van der Waals surface area (Å²) in [5.74, 6) is 0.120. The van der Waals surface area contributed by atoms with E-state index < -0.39 is 0 Å². The van der Waals surface area contributed by atoms with E-state index in [1.165, 1.54) is 38.5 Å². The Morgan fingerprint density at radius 2 is 1.71 bits per heavy atom. The lowest BCUT2D eigenvalue weighted by Crippen LogP contribution is -2.12. The Hall–Kier alpha value is -1.09. The fraction of sp³-hybridized carbons (Fsp3) is 0.667. The predicted octanol–water partition coefficient (Wildman–Crippen LogP) is 5.06. The van der Waals surface area contributed by atoms with E-state index in [-0.39, 0.29) is 5.82 Å². The van der Waals surface area contributed by atoms with Gasteiger partial charge >= 0.3 is 0 Å². The highest BCUT2D eigenvalue weighted by molar-refractivity contribution is 5.29. The molecule has 3 heteroatoms. The zero-order valence-electron chi connectivity index (χ0n) is 13.6. The van der Waals surface area contributed by atoms with Crippen LogP contribution >= 0.6 is 0 Å². The molecule has 0 saturated carbocycles. The minimum Gasteiger partial charge on any atom is -0.491 e. The molecule has 0 spiro atoms. The molecule has 1 aromatic carbocycles. The van der Waals surface area contributed by atoms with Crippen LogP contribution in [0.2, 0.25) is 0 Å². The van der Waals surface area contributed by atoms with E-state index in [1.54, 1.807) is 12.1 Å². The SMILES string of the molecule is CCCCCCCCCOc1ccc(CNCC)cc1F. The van der Waals surface area contributed by atoms with Crippen molar-refractivity contribution >= 4 is 0 Å². The van der Waals surface area contributed by atoms with E-state index >= 15 is 0 Å². The van der Waals surface area contributed by atoms with Crippen molar-refractivity contribution in [1.82, 2.24) is 5.32 Å². The van der Waals surface area contributed by atoms with Crippen molar-refractivity contribution in [2.75, 3.05) is 13.2 Å². The van der Waals surface area contributed by atoms with Gasteiger partial charge in [0.05, 0.1) is 6.61 Å². The molecule has 0 aliphatic heterocycles. The molecule has 0 atom stereocenters. The van der Waals surface area contributed by atoms with E-state index in [0.29, 0.717) is 18.9 Å². The normalized spacial score (nSPS) is 10.8. The Kier molecular flexibility index (Phi) is 9.88. The molecular weight excluding hydrogens is 265 g/mol. The predicted molar refractivity (Wildman–Crippen MR) is 87.3 cm³/mol. The summed E-state index contributed by atoms with van der Waals surface area (Å²) in [5.41, 5.74) is 0.956. The smallest absolute Gasteiger partial charge is 0.165 e. The maximum Gasteiger partial charge on any atom is 0.165 e. The lowest BCUT2D eigenvalue weighted by Gasteiger charge is -2.09. The molecular formula is C18H30FNO. The lowest BCUT2D eigenvalue weighted by molar-refractivity contribution is 0.289. The summed E-state index contributed by atoms with van der Waals surface area (Å²) >= 11 is 0. The van der Waals surface area contributed by atoms with Gasteiger partial charge < -0.3 is 10.1 Å². The van der Waals surface area contributed by atoms with Gasteiger partial charge in [-0.3, -0.25) is 0 Å². The number of halogens is 1. The molecule has 1 rings (SSSR count). The van der Waals surface area contributed by atoms with Crippen molar-refractivity contribution in [1.29, 1.82) is 0 Å². The number of ether oxygens (including phenoxy) is 1. The van der Waals surface area contributed by atoms with Crippen LogP contribution in [-0.2, 0) is 6.54 Å².